The standard InChI is InChI=1S/C23H19BrN2O4S/c1-3-30-22(29)19-13(2)25-23-26(20(19)15-6-8-16(24)9-7-15)21(28)18(31-23)12-14-4-10-17(27)11-5-14/h4-12,20,27H,3H2,1-2H3/b18-12-/t20-/m1/s1. The maximum Gasteiger partial charge on any atom is 0.338 e. The highest BCUT2D eigenvalue weighted by molar-refractivity contribution is 9.10. The molecule has 0 radical (unpaired) electrons. The van der Waals surface area contributed by atoms with Crippen molar-refractivity contribution < 1.29 is 14.6 Å². The Kier molecular flexibility index (Phi) is 5.93. The molecule has 6 nitrogen and oxygen atoms in total. The van der Waals surface area contributed by atoms with Crippen molar-refractivity contribution in [3.05, 3.63) is 95.1 Å². The molecule has 0 saturated heterocycles. The van der Waals surface area contributed by atoms with E-state index in [1.54, 1.807) is 48.8 Å². The first-order chi connectivity index (χ1) is 14.9. The van der Waals surface area contributed by atoms with E-state index in [2.05, 4.69) is 20.9 Å². The number of hydrogen-bond donors (Lipinski definition) is 1. The topological polar surface area (TPSA) is 80.9 Å². The fourth-order valence-corrected chi connectivity index (χ4v) is 4.78. The third-order valence-corrected chi connectivity index (χ3v) is 6.41. The zero-order valence-electron chi connectivity index (χ0n) is 16.8. The molecule has 31 heavy (non-hydrogen) atoms. The predicted molar refractivity (Wildman–Crippen MR) is 123 cm³/mol. The minimum Gasteiger partial charge on any atom is -0.508 e. The van der Waals surface area contributed by atoms with Gasteiger partial charge in [0.15, 0.2) is 4.80 Å². The molecule has 8 heteroatoms. The second-order valence-electron chi connectivity index (χ2n) is 6.95. The Morgan fingerprint density at radius 2 is 1.90 bits per heavy atom. The van der Waals surface area contributed by atoms with Crippen molar-refractivity contribution in [2.45, 2.75) is 19.9 Å². The fourth-order valence-electron chi connectivity index (χ4n) is 3.47. The summed E-state index contributed by atoms with van der Waals surface area (Å²) in [6.45, 7) is 3.73. The van der Waals surface area contributed by atoms with Gasteiger partial charge in [0, 0.05) is 4.47 Å². The van der Waals surface area contributed by atoms with Gasteiger partial charge < -0.3 is 9.84 Å². The van der Waals surface area contributed by atoms with E-state index in [9.17, 15) is 14.7 Å². The van der Waals surface area contributed by atoms with Crippen molar-refractivity contribution in [2.24, 2.45) is 4.99 Å². The number of fused-ring (bicyclic) bond motifs is 1. The van der Waals surface area contributed by atoms with Crippen LogP contribution in [0.5, 0.6) is 5.75 Å². The first kappa shape index (κ1) is 21.3. The molecule has 2 aromatic carbocycles. The molecular formula is C23H19BrN2O4S. The lowest BCUT2D eigenvalue weighted by atomic mass is 9.96. The van der Waals surface area contributed by atoms with Gasteiger partial charge in [0.2, 0.25) is 0 Å². The summed E-state index contributed by atoms with van der Waals surface area (Å²) in [7, 11) is 0. The molecule has 0 amide bonds. The summed E-state index contributed by atoms with van der Waals surface area (Å²) in [5, 5.41) is 9.50. The van der Waals surface area contributed by atoms with Crippen molar-refractivity contribution in [1.82, 2.24) is 4.57 Å². The first-order valence-corrected chi connectivity index (χ1v) is 11.2. The summed E-state index contributed by atoms with van der Waals surface area (Å²) < 4.78 is 8.23. The van der Waals surface area contributed by atoms with Crippen molar-refractivity contribution >= 4 is 39.3 Å². The van der Waals surface area contributed by atoms with Crippen molar-refractivity contribution in [3.63, 3.8) is 0 Å². The molecule has 1 aliphatic heterocycles. The number of carbonyl (C=O) groups excluding carboxylic acids is 1. The van der Waals surface area contributed by atoms with Gasteiger partial charge in [0.1, 0.15) is 5.75 Å². The summed E-state index contributed by atoms with van der Waals surface area (Å²) >= 11 is 4.69. The van der Waals surface area contributed by atoms with Crippen LogP contribution >= 0.6 is 27.3 Å². The molecule has 0 fully saturated rings. The van der Waals surface area contributed by atoms with Crippen molar-refractivity contribution in [1.29, 1.82) is 0 Å². The van der Waals surface area contributed by atoms with Crippen LogP contribution in [-0.2, 0) is 9.53 Å². The number of halogens is 1. The molecule has 1 aliphatic rings. The molecule has 4 rings (SSSR count). The van der Waals surface area contributed by atoms with Gasteiger partial charge in [0.25, 0.3) is 5.56 Å². The van der Waals surface area contributed by atoms with Crippen LogP contribution in [0.2, 0.25) is 0 Å². The molecule has 0 aliphatic carbocycles. The van der Waals surface area contributed by atoms with E-state index in [4.69, 9.17) is 4.74 Å². The normalized spacial score (nSPS) is 16.1. The first-order valence-electron chi connectivity index (χ1n) is 9.63. The average Bonchev–Trinajstić information content (AvgIpc) is 3.04. The minimum absolute atomic E-state index is 0.156. The number of phenols is 1. The number of carbonyl (C=O) groups is 1. The van der Waals surface area contributed by atoms with Crippen LogP contribution in [-0.4, -0.2) is 22.2 Å². The summed E-state index contributed by atoms with van der Waals surface area (Å²) in [6.07, 6.45) is 1.76. The number of aromatic nitrogens is 1. The largest absolute Gasteiger partial charge is 0.508 e. The van der Waals surface area contributed by atoms with E-state index in [0.717, 1.165) is 15.6 Å². The average molecular weight is 499 g/mol. The lowest BCUT2D eigenvalue weighted by Gasteiger charge is -2.24. The summed E-state index contributed by atoms with van der Waals surface area (Å²) in [6, 6.07) is 13.5. The monoisotopic (exact) mass is 498 g/mol. The highest BCUT2D eigenvalue weighted by Gasteiger charge is 2.33. The molecule has 3 aromatic rings. The summed E-state index contributed by atoms with van der Waals surface area (Å²) in [4.78, 5) is 31.3. The van der Waals surface area contributed by atoms with Crippen LogP contribution in [0.3, 0.4) is 0 Å². The fraction of sp³-hybridized carbons (Fsp3) is 0.174. The zero-order valence-corrected chi connectivity index (χ0v) is 19.2. The molecular weight excluding hydrogens is 480 g/mol. The number of benzene rings is 2. The maximum atomic E-state index is 13.4. The lowest BCUT2D eigenvalue weighted by Crippen LogP contribution is -2.39. The quantitative estimate of drug-likeness (QED) is 0.559. The summed E-state index contributed by atoms with van der Waals surface area (Å²) in [5.74, 6) is -0.326. The molecule has 1 atom stereocenters. The molecule has 0 spiro atoms. The SMILES string of the molecule is CCOC(=O)C1=C(C)N=c2s/c(=C\c3ccc(O)cc3)c(=O)n2[C@@H]1c1ccc(Br)cc1. The van der Waals surface area contributed by atoms with Gasteiger partial charge in [-0.2, -0.15) is 0 Å². The van der Waals surface area contributed by atoms with E-state index in [1.807, 2.05) is 24.3 Å². The Hall–Kier alpha value is -2.97. The smallest absolute Gasteiger partial charge is 0.338 e. The van der Waals surface area contributed by atoms with Crippen LogP contribution in [0.25, 0.3) is 6.08 Å². The molecule has 158 valence electrons. The van der Waals surface area contributed by atoms with E-state index < -0.39 is 12.0 Å². The Balaban J connectivity index is 1.94. The Morgan fingerprint density at radius 3 is 2.55 bits per heavy atom. The van der Waals surface area contributed by atoms with Gasteiger partial charge in [-0.05, 0) is 55.3 Å². The van der Waals surface area contributed by atoms with Crippen molar-refractivity contribution in [3.8, 4) is 5.75 Å². The number of allylic oxidation sites excluding steroid dienone is 1. The number of nitrogens with zero attached hydrogens (tertiary/aromatic N) is 2. The summed E-state index contributed by atoms with van der Waals surface area (Å²) in [5.41, 5.74) is 2.22. The third kappa shape index (κ3) is 4.13. The number of aromatic hydroxyl groups is 1. The van der Waals surface area contributed by atoms with Crippen molar-refractivity contribution in [2.75, 3.05) is 6.61 Å². The van der Waals surface area contributed by atoms with Gasteiger partial charge in [-0.25, -0.2) is 9.79 Å². The zero-order chi connectivity index (χ0) is 22.1. The van der Waals surface area contributed by atoms with Crippen LogP contribution in [0.1, 0.15) is 31.0 Å². The van der Waals surface area contributed by atoms with E-state index in [0.29, 0.717) is 20.6 Å². The van der Waals surface area contributed by atoms with Gasteiger partial charge in [-0.3, -0.25) is 9.36 Å². The van der Waals surface area contributed by atoms with Gasteiger partial charge in [-0.15, -0.1) is 0 Å². The number of hydrogen-bond acceptors (Lipinski definition) is 6. The van der Waals surface area contributed by atoms with Crippen LogP contribution in [0.15, 0.2) is 74.1 Å². The van der Waals surface area contributed by atoms with Crippen LogP contribution in [0.4, 0.5) is 0 Å². The highest BCUT2D eigenvalue weighted by Crippen LogP contribution is 2.31. The number of phenolic OH excluding ortho intramolecular Hbond substituents is 1. The maximum absolute atomic E-state index is 13.4. The Labute approximate surface area is 190 Å². The molecule has 0 bridgehead atoms. The van der Waals surface area contributed by atoms with E-state index >= 15 is 0 Å². The highest BCUT2D eigenvalue weighted by atomic mass is 79.9. The number of thiazole rings is 1. The number of ether oxygens (including phenoxy) is 1. The predicted octanol–water partition coefficient (Wildman–Crippen LogP) is 3.27. The molecule has 0 unspecified atom stereocenters. The Bertz CT molecular complexity index is 1350. The lowest BCUT2D eigenvalue weighted by molar-refractivity contribution is -0.139. The van der Waals surface area contributed by atoms with Gasteiger partial charge in [-0.1, -0.05) is 51.5 Å². The molecule has 1 aromatic heterocycles. The number of rotatable bonds is 4. The second-order valence-corrected chi connectivity index (χ2v) is 8.87. The van der Waals surface area contributed by atoms with Gasteiger partial charge in [0.05, 0.1) is 28.5 Å². The Morgan fingerprint density at radius 1 is 1.23 bits per heavy atom. The molecule has 1 N–H and O–H groups in total. The third-order valence-electron chi connectivity index (χ3n) is 4.89. The molecule has 2 heterocycles. The second kappa shape index (κ2) is 8.64. The number of esters is 1. The van der Waals surface area contributed by atoms with Crippen LogP contribution in [0, 0.1) is 0 Å². The van der Waals surface area contributed by atoms with Gasteiger partial charge >= 0.3 is 5.97 Å². The molecule has 0 saturated carbocycles. The van der Waals surface area contributed by atoms with Crippen LogP contribution < -0.4 is 14.9 Å². The van der Waals surface area contributed by atoms with E-state index in [1.165, 1.54) is 11.3 Å². The van der Waals surface area contributed by atoms with E-state index in [-0.39, 0.29) is 17.9 Å². The minimum atomic E-state index is -0.634.